The predicted molar refractivity (Wildman–Crippen MR) is 130 cm³/mol. The lowest BCUT2D eigenvalue weighted by Gasteiger charge is -2.09. The van der Waals surface area contributed by atoms with Crippen LogP contribution in [0.5, 0.6) is 0 Å². The zero-order chi connectivity index (χ0) is 20.4. The van der Waals surface area contributed by atoms with E-state index in [1.165, 1.54) is 41.7 Å². The van der Waals surface area contributed by atoms with E-state index in [1.54, 1.807) is 12.5 Å². The molecule has 0 aliphatic heterocycles. The normalized spacial score (nSPS) is 11.9. The molecule has 0 saturated carbocycles. The average Bonchev–Trinajstić information content (AvgIpc) is 3.58. The van der Waals surface area contributed by atoms with Crippen LogP contribution in [0.3, 0.4) is 0 Å². The average molecular weight is 417 g/mol. The summed E-state index contributed by atoms with van der Waals surface area (Å²) in [7, 11) is 0. The molecule has 3 aromatic heterocycles. The van der Waals surface area contributed by atoms with Crippen molar-refractivity contribution in [3.63, 3.8) is 0 Å². The Bertz CT molecular complexity index is 1590. The molecule has 0 radical (unpaired) electrons. The van der Waals surface area contributed by atoms with Crippen LogP contribution in [0.25, 0.3) is 64.4 Å². The van der Waals surface area contributed by atoms with E-state index in [9.17, 15) is 0 Å². The van der Waals surface area contributed by atoms with Crippen LogP contribution in [0.15, 0.2) is 106 Å². The van der Waals surface area contributed by atoms with Crippen LogP contribution in [0.1, 0.15) is 0 Å². The van der Waals surface area contributed by atoms with Crippen molar-refractivity contribution in [1.29, 1.82) is 0 Å². The van der Waals surface area contributed by atoms with E-state index in [1.807, 2.05) is 35.6 Å². The minimum absolute atomic E-state index is 0.900. The van der Waals surface area contributed by atoms with Gasteiger partial charge in [0.1, 0.15) is 11.5 Å². The highest BCUT2D eigenvalue weighted by molar-refractivity contribution is 7.26. The molecule has 0 aliphatic rings. The van der Waals surface area contributed by atoms with Crippen LogP contribution in [0.4, 0.5) is 0 Å². The van der Waals surface area contributed by atoms with Gasteiger partial charge in [0.15, 0.2) is 0 Å². The molecule has 0 aliphatic carbocycles. The molecule has 0 bridgehead atoms. The van der Waals surface area contributed by atoms with Crippen molar-refractivity contribution in [2.75, 3.05) is 0 Å². The van der Waals surface area contributed by atoms with E-state index < -0.39 is 0 Å². The molecule has 7 rings (SSSR count). The van der Waals surface area contributed by atoms with Gasteiger partial charge in [0.2, 0.25) is 0 Å². The maximum absolute atomic E-state index is 5.78. The van der Waals surface area contributed by atoms with E-state index in [2.05, 4.69) is 60.7 Å². The van der Waals surface area contributed by atoms with Crippen LogP contribution >= 0.6 is 11.3 Å². The Morgan fingerprint density at radius 2 is 0.935 bits per heavy atom. The Morgan fingerprint density at radius 3 is 1.35 bits per heavy atom. The SMILES string of the molecule is c1coc(-c2cc3sc4cc(-c5ccco5)c5ccccc5c4c3c3ccccc23)c1. The van der Waals surface area contributed by atoms with Gasteiger partial charge in [-0.3, -0.25) is 0 Å². The zero-order valence-corrected chi connectivity index (χ0v) is 17.3. The van der Waals surface area contributed by atoms with E-state index in [4.69, 9.17) is 8.83 Å². The maximum Gasteiger partial charge on any atom is 0.134 e. The molecule has 0 unspecified atom stereocenters. The number of fused-ring (bicyclic) bond motifs is 7. The Morgan fingerprint density at radius 1 is 0.484 bits per heavy atom. The molecule has 0 N–H and O–H groups in total. The second-order valence-corrected chi connectivity index (χ2v) is 8.83. The first-order valence-electron chi connectivity index (χ1n) is 10.3. The molecule has 31 heavy (non-hydrogen) atoms. The van der Waals surface area contributed by atoms with Gasteiger partial charge in [0.05, 0.1) is 12.5 Å². The summed E-state index contributed by atoms with van der Waals surface area (Å²) in [5.41, 5.74) is 2.27. The summed E-state index contributed by atoms with van der Waals surface area (Å²) in [6.45, 7) is 0. The van der Waals surface area contributed by atoms with Crippen molar-refractivity contribution >= 4 is 53.1 Å². The molecule has 146 valence electrons. The van der Waals surface area contributed by atoms with E-state index in [-0.39, 0.29) is 0 Å². The Kier molecular flexibility index (Phi) is 3.46. The van der Waals surface area contributed by atoms with Gasteiger partial charge in [0.25, 0.3) is 0 Å². The second-order valence-electron chi connectivity index (χ2n) is 7.74. The summed E-state index contributed by atoms with van der Waals surface area (Å²) >= 11 is 1.83. The van der Waals surface area contributed by atoms with Gasteiger partial charge in [0, 0.05) is 31.3 Å². The van der Waals surface area contributed by atoms with Gasteiger partial charge in [-0.15, -0.1) is 11.3 Å². The number of benzene rings is 4. The number of rotatable bonds is 2. The standard InChI is InChI=1S/C28H16O2S/c1-3-9-19-17(7-1)21(23-11-5-13-29-23)15-25-27(19)28-20-10-4-2-8-18(20)22(16-26(28)31-25)24-12-6-14-30-24/h1-16H. The third-order valence-corrected chi connectivity index (χ3v) is 7.14. The topological polar surface area (TPSA) is 26.3 Å². The van der Waals surface area contributed by atoms with Gasteiger partial charge in [-0.2, -0.15) is 0 Å². The van der Waals surface area contributed by atoms with Gasteiger partial charge < -0.3 is 8.83 Å². The van der Waals surface area contributed by atoms with Crippen molar-refractivity contribution in [3.8, 4) is 22.6 Å². The first kappa shape index (κ1) is 16.9. The fourth-order valence-electron chi connectivity index (χ4n) is 4.77. The van der Waals surface area contributed by atoms with Crippen LogP contribution in [0, 0.1) is 0 Å². The number of hydrogen-bond donors (Lipinski definition) is 0. The lowest BCUT2D eigenvalue weighted by atomic mass is 9.94. The lowest BCUT2D eigenvalue weighted by Crippen LogP contribution is -1.83. The number of thiophene rings is 1. The van der Waals surface area contributed by atoms with Crippen molar-refractivity contribution in [1.82, 2.24) is 0 Å². The zero-order valence-electron chi connectivity index (χ0n) is 16.5. The van der Waals surface area contributed by atoms with Gasteiger partial charge in [-0.1, -0.05) is 48.5 Å². The van der Waals surface area contributed by atoms with Gasteiger partial charge in [-0.05, 0) is 57.9 Å². The summed E-state index contributed by atoms with van der Waals surface area (Å²) in [5.74, 6) is 1.80. The van der Waals surface area contributed by atoms with Crippen LogP contribution in [-0.2, 0) is 0 Å². The quantitative estimate of drug-likeness (QED) is 0.281. The van der Waals surface area contributed by atoms with Gasteiger partial charge in [-0.25, -0.2) is 0 Å². The summed E-state index contributed by atoms with van der Waals surface area (Å²) in [4.78, 5) is 0. The fraction of sp³-hybridized carbons (Fsp3) is 0. The molecule has 3 heterocycles. The summed E-state index contributed by atoms with van der Waals surface area (Å²) in [6, 6.07) is 29.8. The van der Waals surface area contributed by atoms with Crippen LogP contribution in [0.2, 0.25) is 0 Å². The molecular formula is C28H16O2S. The largest absolute Gasteiger partial charge is 0.464 e. The molecule has 0 amide bonds. The monoisotopic (exact) mass is 416 g/mol. The Labute approximate surface area is 182 Å². The highest BCUT2D eigenvalue weighted by Gasteiger charge is 2.18. The van der Waals surface area contributed by atoms with Crippen molar-refractivity contribution in [3.05, 3.63) is 97.5 Å². The first-order valence-corrected chi connectivity index (χ1v) is 11.1. The van der Waals surface area contributed by atoms with Crippen molar-refractivity contribution in [2.45, 2.75) is 0 Å². The van der Waals surface area contributed by atoms with Crippen molar-refractivity contribution < 1.29 is 8.83 Å². The molecule has 0 saturated heterocycles. The van der Waals surface area contributed by atoms with Crippen LogP contribution in [-0.4, -0.2) is 0 Å². The number of hydrogen-bond acceptors (Lipinski definition) is 3. The molecule has 2 nitrogen and oxygen atoms in total. The predicted octanol–water partition coefficient (Wildman–Crippen LogP) is 8.88. The van der Waals surface area contributed by atoms with Crippen LogP contribution < -0.4 is 0 Å². The third kappa shape index (κ3) is 2.38. The second kappa shape index (κ2) is 6.34. The summed E-state index contributed by atoms with van der Waals surface area (Å²) in [6.07, 6.45) is 3.48. The molecular weight excluding hydrogens is 400 g/mol. The molecule has 0 atom stereocenters. The van der Waals surface area contributed by atoms with Crippen molar-refractivity contribution in [2.24, 2.45) is 0 Å². The fourth-order valence-corrected chi connectivity index (χ4v) is 5.98. The minimum Gasteiger partial charge on any atom is -0.464 e. The third-order valence-electron chi connectivity index (χ3n) is 6.06. The maximum atomic E-state index is 5.78. The Hall–Kier alpha value is -3.82. The summed E-state index contributed by atoms with van der Waals surface area (Å²) in [5, 5.41) is 7.57. The smallest absolute Gasteiger partial charge is 0.134 e. The minimum atomic E-state index is 0.900. The van der Waals surface area contributed by atoms with E-state index in [0.29, 0.717) is 0 Å². The van der Waals surface area contributed by atoms with E-state index >= 15 is 0 Å². The molecule has 7 aromatic rings. The highest BCUT2D eigenvalue weighted by Crippen LogP contribution is 2.47. The molecule has 0 fully saturated rings. The van der Waals surface area contributed by atoms with Gasteiger partial charge >= 0.3 is 0 Å². The first-order chi connectivity index (χ1) is 15.4. The van der Waals surface area contributed by atoms with E-state index in [0.717, 1.165) is 22.6 Å². The molecule has 0 spiro atoms. The number of furan rings is 2. The lowest BCUT2D eigenvalue weighted by molar-refractivity contribution is 0.583. The molecule has 4 aromatic carbocycles. The summed E-state index contributed by atoms with van der Waals surface area (Å²) < 4.78 is 14.1. The Balaban J connectivity index is 1.71. The molecule has 3 heteroatoms. The highest BCUT2D eigenvalue weighted by atomic mass is 32.1.